The number of amides is 2. The first-order valence-electron chi connectivity index (χ1n) is 11.2. The van der Waals surface area contributed by atoms with Crippen molar-refractivity contribution in [2.75, 3.05) is 23.7 Å². The summed E-state index contributed by atoms with van der Waals surface area (Å²) in [5.74, 6) is -1.38. The van der Waals surface area contributed by atoms with Gasteiger partial charge in [-0.15, -0.1) is 0 Å². The van der Waals surface area contributed by atoms with Crippen LogP contribution in [0.2, 0.25) is 10.0 Å². The third kappa shape index (κ3) is 8.66. The van der Waals surface area contributed by atoms with Gasteiger partial charge >= 0.3 is 0 Å². The number of unbranched alkanes of at least 4 members (excludes halogenated alkanes) is 1. The van der Waals surface area contributed by atoms with Gasteiger partial charge < -0.3 is 10.2 Å². The highest BCUT2D eigenvalue weighted by Gasteiger charge is 2.31. The Bertz CT molecular complexity index is 1110. The maximum atomic E-state index is 13.5. The Hall–Kier alpha value is -2.36. The molecule has 0 fully saturated rings. The molecule has 0 aromatic heterocycles. The third-order valence-electron chi connectivity index (χ3n) is 5.30. The molecule has 11 heteroatoms. The number of carbonyl (C=O) groups is 2. The Morgan fingerprint density at radius 3 is 2.17 bits per heavy atom. The lowest BCUT2D eigenvalue weighted by molar-refractivity contribution is -0.140. The molecule has 0 saturated carbocycles. The van der Waals surface area contributed by atoms with E-state index in [1.54, 1.807) is 6.92 Å². The molecule has 1 atom stereocenters. The van der Waals surface area contributed by atoms with Crippen LogP contribution in [0.5, 0.6) is 0 Å². The molecule has 0 spiro atoms. The zero-order valence-corrected chi connectivity index (χ0v) is 22.3. The molecule has 0 aliphatic carbocycles. The lowest BCUT2D eigenvalue weighted by Crippen LogP contribution is -2.52. The van der Waals surface area contributed by atoms with Crippen LogP contribution in [0.4, 0.5) is 10.1 Å². The second-order valence-electron chi connectivity index (χ2n) is 8.11. The SMILES string of the molecule is CCCCNC(=O)C(CC)N(Cc1ccc(F)cc1)C(=O)CN(c1cc(Cl)cc(Cl)c1)S(C)(=O)=O. The smallest absolute Gasteiger partial charge is 0.244 e. The standard InChI is InChI=1S/C24H30Cl2FN3O4S/c1-4-6-11-28-24(32)22(5-2)29(15-17-7-9-20(27)10-8-17)23(31)16-30(35(3,33)34)21-13-18(25)12-19(26)14-21/h7-10,12-14,22H,4-6,11,15-16H2,1-3H3,(H,28,32). The van der Waals surface area contributed by atoms with Crippen LogP contribution in [0.15, 0.2) is 42.5 Å². The monoisotopic (exact) mass is 545 g/mol. The van der Waals surface area contributed by atoms with E-state index >= 15 is 0 Å². The van der Waals surface area contributed by atoms with Crippen molar-refractivity contribution in [3.63, 3.8) is 0 Å². The van der Waals surface area contributed by atoms with E-state index in [0.717, 1.165) is 23.4 Å². The molecule has 2 aromatic carbocycles. The van der Waals surface area contributed by atoms with Gasteiger partial charge in [-0.2, -0.15) is 0 Å². The van der Waals surface area contributed by atoms with E-state index in [-0.39, 0.29) is 28.2 Å². The lowest BCUT2D eigenvalue weighted by atomic mass is 10.1. The first-order chi connectivity index (χ1) is 16.5. The summed E-state index contributed by atoms with van der Waals surface area (Å²) in [4.78, 5) is 27.8. The van der Waals surface area contributed by atoms with Gasteiger partial charge in [0.1, 0.15) is 18.4 Å². The minimum atomic E-state index is -3.91. The number of anilines is 1. The normalized spacial score (nSPS) is 12.2. The summed E-state index contributed by atoms with van der Waals surface area (Å²) in [5.41, 5.74) is 0.719. The number of benzene rings is 2. The fourth-order valence-corrected chi connectivity index (χ4v) is 4.86. The Kier molecular flexibility index (Phi) is 10.8. The van der Waals surface area contributed by atoms with E-state index < -0.39 is 34.3 Å². The number of halogens is 3. The van der Waals surface area contributed by atoms with E-state index in [0.29, 0.717) is 18.5 Å². The van der Waals surface area contributed by atoms with Gasteiger partial charge in [0.05, 0.1) is 11.9 Å². The Morgan fingerprint density at radius 2 is 1.66 bits per heavy atom. The summed E-state index contributed by atoms with van der Waals surface area (Å²) in [5, 5.41) is 3.25. The second kappa shape index (κ2) is 13.1. The van der Waals surface area contributed by atoms with Gasteiger partial charge in [-0.05, 0) is 48.7 Å². The van der Waals surface area contributed by atoms with Gasteiger partial charge in [0.15, 0.2) is 0 Å². The molecule has 0 saturated heterocycles. The Balaban J connectivity index is 2.42. The van der Waals surface area contributed by atoms with E-state index in [1.165, 1.54) is 47.4 Å². The fourth-order valence-electron chi connectivity index (χ4n) is 3.51. The summed E-state index contributed by atoms with van der Waals surface area (Å²) in [6.45, 7) is 3.64. The van der Waals surface area contributed by atoms with Gasteiger partial charge in [-0.3, -0.25) is 13.9 Å². The van der Waals surface area contributed by atoms with E-state index in [4.69, 9.17) is 23.2 Å². The first kappa shape index (κ1) is 28.9. The highest BCUT2D eigenvalue weighted by Crippen LogP contribution is 2.27. The molecule has 1 unspecified atom stereocenters. The maximum Gasteiger partial charge on any atom is 0.244 e. The van der Waals surface area contributed by atoms with Crippen molar-refractivity contribution in [1.82, 2.24) is 10.2 Å². The average Bonchev–Trinajstić information content (AvgIpc) is 2.77. The molecule has 0 radical (unpaired) electrons. The number of hydrogen-bond acceptors (Lipinski definition) is 4. The van der Waals surface area contributed by atoms with Crippen LogP contribution in [-0.4, -0.2) is 50.5 Å². The second-order valence-corrected chi connectivity index (χ2v) is 10.9. The summed E-state index contributed by atoms with van der Waals surface area (Å²) in [6.07, 6.45) is 2.94. The summed E-state index contributed by atoms with van der Waals surface area (Å²) in [6, 6.07) is 8.93. The molecule has 35 heavy (non-hydrogen) atoms. The van der Waals surface area contributed by atoms with E-state index in [2.05, 4.69) is 5.32 Å². The molecule has 0 aliphatic rings. The van der Waals surface area contributed by atoms with Crippen LogP contribution in [0, 0.1) is 5.82 Å². The number of nitrogens with zero attached hydrogens (tertiary/aromatic N) is 2. The molecule has 2 aromatic rings. The molecule has 2 rings (SSSR count). The van der Waals surface area contributed by atoms with Crippen molar-refractivity contribution in [2.45, 2.75) is 45.7 Å². The van der Waals surface area contributed by atoms with E-state index in [1.807, 2.05) is 6.92 Å². The van der Waals surface area contributed by atoms with Crippen LogP contribution < -0.4 is 9.62 Å². The van der Waals surface area contributed by atoms with Crippen LogP contribution >= 0.6 is 23.2 Å². The Labute approximate surface area is 216 Å². The van der Waals surface area contributed by atoms with Crippen molar-refractivity contribution in [3.05, 3.63) is 63.9 Å². The maximum absolute atomic E-state index is 13.5. The molecule has 192 valence electrons. The van der Waals surface area contributed by atoms with Crippen LogP contribution in [0.3, 0.4) is 0 Å². The number of hydrogen-bond donors (Lipinski definition) is 1. The van der Waals surface area contributed by atoms with Crippen LogP contribution in [0.1, 0.15) is 38.7 Å². The largest absolute Gasteiger partial charge is 0.354 e. The summed E-state index contributed by atoms with van der Waals surface area (Å²) < 4.78 is 39.5. The zero-order valence-electron chi connectivity index (χ0n) is 19.9. The Morgan fingerprint density at radius 1 is 1.06 bits per heavy atom. The van der Waals surface area contributed by atoms with Crippen molar-refractivity contribution >= 4 is 50.7 Å². The summed E-state index contributed by atoms with van der Waals surface area (Å²) >= 11 is 12.1. The van der Waals surface area contributed by atoms with Gasteiger partial charge in [0.2, 0.25) is 21.8 Å². The molecule has 0 heterocycles. The van der Waals surface area contributed by atoms with Crippen LogP contribution in [0.25, 0.3) is 0 Å². The van der Waals surface area contributed by atoms with Gasteiger partial charge in [0.25, 0.3) is 0 Å². The third-order valence-corrected chi connectivity index (χ3v) is 6.87. The predicted octanol–water partition coefficient (Wildman–Crippen LogP) is 4.62. The molecular formula is C24H30Cl2FN3O4S. The summed E-state index contributed by atoms with van der Waals surface area (Å²) in [7, 11) is -3.91. The quantitative estimate of drug-likeness (QED) is 0.394. The minimum Gasteiger partial charge on any atom is -0.354 e. The predicted molar refractivity (Wildman–Crippen MR) is 138 cm³/mol. The fraction of sp³-hybridized carbons (Fsp3) is 0.417. The van der Waals surface area contributed by atoms with Crippen molar-refractivity contribution in [2.24, 2.45) is 0 Å². The minimum absolute atomic E-state index is 0.00722. The van der Waals surface area contributed by atoms with E-state index in [9.17, 15) is 22.4 Å². The van der Waals surface area contributed by atoms with Gasteiger partial charge in [-0.1, -0.05) is 55.6 Å². The topological polar surface area (TPSA) is 86.8 Å². The number of nitrogens with one attached hydrogen (secondary N) is 1. The van der Waals surface area contributed by atoms with Gasteiger partial charge in [0, 0.05) is 23.1 Å². The lowest BCUT2D eigenvalue weighted by Gasteiger charge is -2.33. The molecule has 1 N–H and O–H groups in total. The molecule has 7 nitrogen and oxygen atoms in total. The highest BCUT2D eigenvalue weighted by atomic mass is 35.5. The van der Waals surface area contributed by atoms with Gasteiger partial charge in [-0.25, -0.2) is 12.8 Å². The molecule has 0 bridgehead atoms. The van der Waals surface area contributed by atoms with Crippen molar-refractivity contribution in [3.8, 4) is 0 Å². The van der Waals surface area contributed by atoms with Crippen molar-refractivity contribution < 1.29 is 22.4 Å². The molecular weight excluding hydrogens is 516 g/mol. The highest BCUT2D eigenvalue weighted by molar-refractivity contribution is 7.92. The number of sulfonamides is 1. The number of rotatable bonds is 12. The van der Waals surface area contributed by atoms with Crippen molar-refractivity contribution in [1.29, 1.82) is 0 Å². The molecule has 2 amide bonds. The zero-order chi connectivity index (χ0) is 26.2. The first-order valence-corrected chi connectivity index (χ1v) is 13.8. The number of carbonyl (C=O) groups excluding carboxylic acids is 2. The van der Waals surface area contributed by atoms with Crippen LogP contribution in [-0.2, 0) is 26.2 Å². The average molecular weight is 546 g/mol. The molecule has 0 aliphatic heterocycles.